The number of amides is 2. The summed E-state index contributed by atoms with van der Waals surface area (Å²) in [5, 5.41) is 0. The summed E-state index contributed by atoms with van der Waals surface area (Å²) in [4.78, 5) is 39.6. The van der Waals surface area contributed by atoms with Gasteiger partial charge in [-0.15, -0.1) is 0 Å². The van der Waals surface area contributed by atoms with Crippen molar-refractivity contribution in [2.75, 3.05) is 37.7 Å². The normalized spacial score (nSPS) is 20.1. The third-order valence-electron chi connectivity index (χ3n) is 4.93. The Morgan fingerprint density at radius 2 is 2.07 bits per heavy atom. The van der Waals surface area contributed by atoms with Crippen molar-refractivity contribution in [3.05, 3.63) is 41.5 Å². The van der Waals surface area contributed by atoms with Gasteiger partial charge in [-0.3, -0.25) is 9.59 Å². The molecule has 1 atom stereocenters. The van der Waals surface area contributed by atoms with Crippen molar-refractivity contribution in [3.8, 4) is 0 Å². The van der Waals surface area contributed by atoms with Crippen molar-refractivity contribution in [1.82, 2.24) is 19.9 Å². The van der Waals surface area contributed by atoms with Crippen LogP contribution in [0.5, 0.6) is 0 Å². The van der Waals surface area contributed by atoms with Gasteiger partial charge in [-0.05, 0) is 25.0 Å². The highest BCUT2D eigenvalue weighted by atomic mass is 16.5. The maximum Gasteiger partial charge on any atom is 0.265 e. The van der Waals surface area contributed by atoms with Gasteiger partial charge in [0.05, 0.1) is 24.4 Å². The Hall–Kier alpha value is -2.94. The summed E-state index contributed by atoms with van der Waals surface area (Å²) < 4.78 is 5.86. The molecule has 1 unspecified atom stereocenters. The molecule has 2 aliphatic heterocycles. The number of aromatic nitrogens is 3. The summed E-state index contributed by atoms with van der Waals surface area (Å²) in [5.41, 5.74) is 6.63. The number of carbonyl (C=O) groups is 2. The van der Waals surface area contributed by atoms with Gasteiger partial charge in [0.25, 0.3) is 11.8 Å². The molecule has 2 saturated heterocycles. The van der Waals surface area contributed by atoms with E-state index in [1.165, 1.54) is 12.3 Å². The summed E-state index contributed by atoms with van der Waals surface area (Å²) in [5.74, 6) is -0.0426. The number of nitrogens with zero attached hydrogens (tertiary/aromatic N) is 4. The third kappa shape index (κ3) is 3.63. The van der Waals surface area contributed by atoms with Crippen LogP contribution in [0.3, 0.4) is 0 Å². The van der Waals surface area contributed by atoms with E-state index in [4.69, 9.17) is 10.5 Å². The molecule has 0 aromatic carbocycles. The maximum absolute atomic E-state index is 12.7. The number of aromatic amines is 1. The Morgan fingerprint density at radius 3 is 2.81 bits per heavy atom. The molecule has 0 aliphatic carbocycles. The average molecular weight is 370 g/mol. The van der Waals surface area contributed by atoms with E-state index in [2.05, 4.69) is 19.9 Å². The lowest BCUT2D eigenvalue weighted by Crippen LogP contribution is -2.42. The Morgan fingerprint density at radius 1 is 1.26 bits per heavy atom. The van der Waals surface area contributed by atoms with E-state index in [9.17, 15) is 9.59 Å². The Labute approximate surface area is 156 Å². The molecule has 27 heavy (non-hydrogen) atoms. The molecule has 4 heterocycles. The van der Waals surface area contributed by atoms with Crippen LogP contribution in [0.2, 0.25) is 0 Å². The van der Waals surface area contributed by atoms with E-state index in [0.29, 0.717) is 31.2 Å². The first-order valence-corrected chi connectivity index (χ1v) is 9.09. The summed E-state index contributed by atoms with van der Waals surface area (Å²) in [6.07, 6.45) is 5.25. The number of anilines is 1. The van der Waals surface area contributed by atoms with Crippen molar-refractivity contribution in [3.63, 3.8) is 0 Å². The number of ether oxygens (including phenoxy) is 1. The van der Waals surface area contributed by atoms with Crippen LogP contribution in [0.1, 0.15) is 45.5 Å². The quantitative estimate of drug-likeness (QED) is 0.819. The van der Waals surface area contributed by atoms with E-state index < -0.39 is 5.91 Å². The summed E-state index contributed by atoms with van der Waals surface area (Å²) in [6.45, 7) is 3.24. The highest BCUT2D eigenvalue weighted by molar-refractivity contribution is 5.98. The average Bonchev–Trinajstić information content (AvgIpc) is 3.40. The lowest BCUT2D eigenvalue weighted by Gasteiger charge is -2.32. The predicted octanol–water partition coefficient (Wildman–Crippen LogP) is 0.717. The van der Waals surface area contributed by atoms with Crippen molar-refractivity contribution in [2.45, 2.75) is 18.9 Å². The zero-order valence-electron chi connectivity index (χ0n) is 14.9. The van der Waals surface area contributed by atoms with Gasteiger partial charge in [0.1, 0.15) is 11.8 Å². The van der Waals surface area contributed by atoms with Crippen LogP contribution in [0.25, 0.3) is 0 Å². The van der Waals surface area contributed by atoms with Crippen molar-refractivity contribution in [2.24, 2.45) is 5.73 Å². The topological polar surface area (TPSA) is 117 Å². The highest BCUT2D eigenvalue weighted by Crippen LogP contribution is 2.24. The SMILES string of the molecule is NC(=O)c1cc(C(=O)N2CCOC(c3ccnc(N4CCCC4)n3)C2)c[nH]1. The molecule has 4 rings (SSSR count). The van der Waals surface area contributed by atoms with Gasteiger partial charge in [-0.25, -0.2) is 9.97 Å². The standard InChI is InChI=1S/C18H22N6O3/c19-16(25)14-9-12(10-21-14)17(26)24-7-8-27-15(11-24)13-3-4-20-18(22-13)23-5-1-2-6-23/h3-4,9-10,15,21H,1-2,5-8,11H2,(H2,19,25). The first-order chi connectivity index (χ1) is 13.1. The summed E-state index contributed by atoms with van der Waals surface area (Å²) in [6, 6.07) is 3.31. The lowest BCUT2D eigenvalue weighted by atomic mass is 10.1. The van der Waals surface area contributed by atoms with E-state index >= 15 is 0 Å². The second-order valence-electron chi connectivity index (χ2n) is 6.75. The molecule has 3 N–H and O–H groups in total. The number of primary amides is 1. The zero-order valence-corrected chi connectivity index (χ0v) is 14.9. The summed E-state index contributed by atoms with van der Waals surface area (Å²) in [7, 11) is 0. The van der Waals surface area contributed by atoms with Crippen LogP contribution in [-0.4, -0.2) is 64.5 Å². The molecular weight excluding hydrogens is 348 g/mol. The molecule has 9 nitrogen and oxygen atoms in total. The number of rotatable bonds is 4. The second-order valence-corrected chi connectivity index (χ2v) is 6.75. The molecule has 142 valence electrons. The lowest BCUT2D eigenvalue weighted by molar-refractivity contribution is -0.0247. The fraction of sp³-hybridized carbons (Fsp3) is 0.444. The van der Waals surface area contributed by atoms with Gasteiger partial charge < -0.3 is 25.3 Å². The number of nitrogens with two attached hydrogens (primary N) is 1. The Kier molecular flexibility index (Phi) is 4.76. The monoisotopic (exact) mass is 370 g/mol. The molecule has 2 aromatic heterocycles. The van der Waals surface area contributed by atoms with Gasteiger partial charge in [0, 0.05) is 32.0 Å². The van der Waals surface area contributed by atoms with E-state index in [0.717, 1.165) is 31.6 Å². The number of nitrogens with one attached hydrogen (secondary N) is 1. The zero-order chi connectivity index (χ0) is 18.8. The minimum absolute atomic E-state index is 0.166. The predicted molar refractivity (Wildman–Crippen MR) is 97.4 cm³/mol. The molecule has 0 radical (unpaired) electrons. The number of H-pyrrole nitrogens is 1. The maximum atomic E-state index is 12.7. The third-order valence-corrected chi connectivity index (χ3v) is 4.93. The number of hydrogen-bond acceptors (Lipinski definition) is 6. The van der Waals surface area contributed by atoms with Gasteiger partial charge in [0.2, 0.25) is 5.95 Å². The van der Waals surface area contributed by atoms with Crippen molar-refractivity contribution in [1.29, 1.82) is 0 Å². The number of carbonyl (C=O) groups excluding carboxylic acids is 2. The smallest absolute Gasteiger partial charge is 0.265 e. The van der Waals surface area contributed by atoms with E-state index in [1.807, 2.05) is 6.07 Å². The second kappa shape index (κ2) is 7.36. The molecule has 2 fully saturated rings. The molecule has 2 aromatic rings. The van der Waals surface area contributed by atoms with Crippen LogP contribution in [0.4, 0.5) is 5.95 Å². The largest absolute Gasteiger partial charge is 0.368 e. The van der Waals surface area contributed by atoms with Crippen LogP contribution in [0.15, 0.2) is 24.5 Å². The molecule has 0 bridgehead atoms. The van der Waals surface area contributed by atoms with Crippen LogP contribution in [-0.2, 0) is 4.74 Å². The fourth-order valence-electron chi connectivity index (χ4n) is 3.47. The molecule has 9 heteroatoms. The van der Waals surface area contributed by atoms with Gasteiger partial charge in [-0.1, -0.05) is 0 Å². The molecule has 2 aliphatic rings. The number of hydrogen-bond donors (Lipinski definition) is 2. The Balaban J connectivity index is 1.48. The van der Waals surface area contributed by atoms with Crippen LogP contribution < -0.4 is 10.6 Å². The fourth-order valence-corrected chi connectivity index (χ4v) is 3.47. The minimum Gasteiger partial charge on any atom is -0.368 e. The van der Waals surface area contributed by atoms with Gasteiger partial charge in [-0.2, -0.15) is 0 Å². The first-order valence-electron chi connectivity index (χ1n) is 9.09. The molecule has 2 amide bonds. The summed E-state index contributed by atoms with van der Waals surface area (Å²) >= 11 is 0. The highest BCUT2D eigenvalue weighted by Gasteiger charge is 2.28. The van der Waals surface area contributed by atoms with E-state index in [1.54, 1.807) is 11.1 Å². The molecule has 0 saturated carbocycles. The Bertz CT molecular complexity index is 845. The molecular formula is C18H22N6O3. The van der Waals surface area contributed by atoms with Crippen LogP contribution in [0, 0.1) is 0 Å². The molecule has 0 spiro atoms. The van der Waals surface area contributed by atoms with Crippen molar-refractivity contribution < 1.29 is 14.3 Å². The number of morpholine rings is 1. The van der Waals surface area contributed by atoms with E-state index in [-0.39, 0.29) is 17.7 Å². The minimum atomic E-state index is -0.593. The van der Waals surface area contributed by atoms with Crippen LogP contribution >= 0.6 is 0 Å². The van der Waals surface area contributed by atoms with Crippen molar-refractivity contribution >= 4 is 17.8 Å². The van der Waals surface area contributed by atoms with Gasteiger partial charge >= 0.3 is 0 Å². The first kappa shape index (κ1) is 17.5. The van der Waals surface area contributed by atoms with Gasteiger partial charge in [0.15, 0.2) is 0 Å².